The Morgan fingerprint density at radius 1 is 0.919 bits per heavy atom. The Morgan fingerprint density at radius 3 is 2.19 bits per heavy atom. The van der Waals surface area contributed by atoms with E-state index in [0.29, 0.717) is 17.9 Å². The summed E-state index contributed by atoms with van der Waals surface area (Å²) in [6, 6.07) is 22.2. The summed E-state index contributed by atoms with van der Waals surface area (Å²) in [4.78, 5) is 16.3. The van der Waals surface area contributed by atoms with Crippen molar-refractivity contribution >= 4 is 24.0 Å². The molecule has 0 aromatic heterocycles. The van der Waals surface area contributed by atoms with E-state index in [1.807, 2.05) is 6.07 Å². The molecule has 0 spiro atoms. The van der Waals surface area contributed by atoms with Gasteiger partial charge in [0.1, 0.15) is 12.0 Å². The Morgan fingerprint density at radius 2 is 1.59 bits per heavy atom. The number of carbonyl (C=O) groups excluding carboxylic acids is 1. The molecular weight excluding hydrogens is 484 g/mol. The molecule has 6 nitrogen and oxygen atoms in total. The van der Waals surface area contributed by atoms with Crippen molar-refractivity contribution in [3.8, 4) is 17.2 Å². The summed E-state index contributed by atoms with van der Waals surface area (Å²) < 4.78 is 16.0. The number of aryl methyl sites for hydroxylation is 1. The van der Waals surface area contributed by atoms with Crippen LogP contribution in [0.15, 0.2) is 71.6 Å². The maximum atomic E-state index is 10.3. The highest BCUT2D eigenvalue weighted by Gasteiger charge is 2.31. The first-order chi connectivity index (χ1) is 17.7. The summed E-state index contributed by atoms with van der Waals surface area (Å²) in [7, 11) is 5.36. The van der Waals surface area contributed by atoms with Crippen LogP contribution in [0.5, 0.6) is 17.2 Å². The van der Waals surface area contributed by atoms with E-state index in [9.17, 15) is 4.79 Å². The van der Waals surface area contributed by atoms with Gasteiger partial charge in [-0.15, -0.1) is 0 Å². The smallest absolute Gasteiger partial charge is 0.161 e. The fourth-order valence-corrected chi connectivity index (χ4v) is 4.52. The maximum Gasteiger partial charge on any atom is 0.161 e. The minimum atomic E-state index is 0.203. The lowest BCUT2D eigenvalue weighted by Gasteiger charge is -2.46. The van der Waals surface area contributed by atoms with Crippen molar-refractivity contribution in [3.05, 3.63) is 77.9 Å². The van der Waals surface area contributed by atoms with E-state index in [-0.39, 0.29) is 5.54 Å². The first-order valence-electron chi connectivity index (χ1n) is 12.4. The van der Waals surface area contributed by atoms with Crippen molar-refractivity contribution in [1.82, 2.24) is 4.90 Å². The molecule has 0 aliphatic carbocycles. The second-order valence-electron chi connectivity index (χ2n) is 9.69. The van der Waals surface area contributed by atoms with Gasteiger partial charge in [-0.05, 0) is 81.9 Å². The molecule has 1 saturated heterocycles. The minimum absolute atomic E-state index is 0.203. The summed E-state index contributed by atoms with van der Waals surface area (Å²) >= 11 is 1.40. The lowest BCUT2D eigenvalue weighted by Crippen LogP contribution is -2.57. The molecule has 1 fully saturated rings. The Labute approximate surface area is 225 Å². The molecule has 37 heavy (non-hydrogen) atoms. The Kier molecular flexibility index (Phi) is 10.3. The highest BCUT2D eigenvalue weighted by molar-refractivity contribution is 7.95. The average molecular weight is 523 g/mol. The minimum Gasteiger partial charge on any atom is -0.493 e. The zero-order valence-corrected chi connectivity index (χ0v) is 23.5. The van der Waals surface area contributed by atoms with Gasteiger partial charge in [-0.2, -0.15) is 0 Å². The van der Waals surface area contributed by atoms with Crippen molar-refractivity contribution in [2.45, 2.75) is 37.6 Å². The van der Waals surface area contributed by atoms with Crippen molar-refractivity contribution in [1.29, 1.82) is 0 Å². The number of piperazine rings is 1. The first kappa shape index (κ1) is 28.4. The highest BCUT2D eigenvalue weighted by Crippen LogP contribution is 2.29. The van der Waals surface area contributed by atoms with Crippen LogP contribution in [-0.4, -0.2) is 57.6 Å². The van der Waals surface area contributed by atoms with Crippen LogP contribution in [0.25, 0.3) is 0 Å². The van der Waals surface area contributed by atoms with Gasteiger partial charge in [-0.3, -0.25) is 4.90 Å². The van der Waals surface area contributed by atoms with E-state index in [0.717, 1.165) is 42.1 Å². The van der Waals surface area contributed by atoms with Gasteiger partial charge < -0.3 is 23.4 Å². The SMILES string of the molecule is COc1ccc(CC=O)cc1OC.Cc1ccc(SOc2ccc(N3CCN(C)C(C)(C)C3)cc2)cc1. The van der Waals surface area contributed by atoms with E-state index in [1.54, 1.807) is 26.4 Å². The molecule has 0 saturated carbocycles. The molecule has 0 amide bonds. The molecule has 0 atom stereocenters. The number of likely N-dealkylation sites (N-methyl/N-ethyl adjacent to an activating group) is 1. The second-order valence-corrected chi connectivity index (χ2v) is 10.5. The number of anilines is 1. The summed E-state index contributed by atoms with van der Waals surface area (Å²) in [6.07, 6.45) is 1.27. The molecule has 1 aliphatic heterocycles. The molecular formula is C30H38N2O4S. The van der Waals surface area contributed by atoms with E-state index in [2.05, 4.69) is 86.1 Å². The van der Waals surface area contributed by atoms with Gasteiger partial charge in [-0.25, -0.2) is 0 Å². The third-order valence-electron chi connectivity index (χ3n) is 6.54. The van der Waals surface area contributed by atoms with E-state index >= 15 is 0 Å². The zero-order chi connectivity index (χ0) is 26.8. The highest BCUT2D eigenvalue weighted by atomic mass is 32.2. The van der Waals surface area contributed by atoms with Gasteiger partial charge in [0.2, 0.25) is 0 Å². The standard InChI is InChI=1S/C20H26N2OS.C10H12O3/c1-16-5-11-19(12-6-16)24-23-18-9-7-17(8-10-18)22-14-13-21(4)20(2,3)15-22;1-12-9-4-3-8(5-6-11)7-10(9)13-2/h5-12H,13-15H2,1-4H3;3-4,6-7H,5H2,1-2H3. The van der Waals surface area contributed by atoms with Crippen LogP contribution < -0.4 is 18.6 Å². The fraction of sp³-hybridized carbons (Fsp3) is 0.367. The van der Waals surface area contributed by atoms with Crippen LogP contribution in [0.3, 0.4) is 0 Å². The van der Waals surface area contributed by atoms with Gasteiger partial charge in [0.15, 0.2) is 11.5 Å². The number of hydrogen-bond donors (Lipinski definition) is 0. The molecule has 0 N–H and O–H groups in total. The van der Waals surface area contributed by atoms with Crippen molar-refractivity contribution in [2.75, 3.05) is 45.8 Å². The fourth-order valence-electron chi connectivity index (χ4n) is 3.97. The van der Waals surface area contributed by atoms with Crippen molar-refractivity contribution < 1.29 is 18.5 Å². The number of hydrogen-bond acceptors (Lipinski definition) is 7. The predicted molar refractivity (Wildman–Crippen MR) is 152 cm³/mol. The van der Waals surface area contributed by atoms with Gasteiger partial charge in [0.05, 0.1) is 26.3 Å². The predicted octanol–water partition coefficient (Wildman–Crippen LogP) is 6.06. The lowest BCUT2D eigenvalue weighted by atomic mass is 9.99. The van der Waals surface area contributed by atoms with Crippen molar-refractivity contribution in [3.63, 3.8) is 0 Å². The average Bonchev–Trinajstić information content (AvgIpc) is 2.90. The summed E-state index contributed by atoms with van der Waals surface area (Å²) in [5, 5.41) is 0. The van der Waals surface area contributed by atoms with E-state index in [4.69, 9.17) is 13.7 Å². The van der Waals surface area contributed by atoms with Crippen LogP contribution in [0.1, 0.15) is 25.0 Å². The lowest BCUT2D eigenvalue weighted by molar-refractivity contribution is -0.107. The van der Waals surface area contributed by atoms with Crippen LogP contribution in [-0.2, 0) is 11.2 Å². The molecule has 198 valence electrons. The topological polar surface area (TPSA) is 51.2 Å². The molecule has 0 radical (unpaired) electrons. The van der Waals surface area contributed by atoms with Gasteiger partial charge in [0, 0.05) is 42.2 Å². The number of aldehydes is 1. The third kappa shape index (κ3) is 8.17. The van der Waals surface area contributed by atoms with Gasteiger partial charge in [0.25, 0.3) is 0 Å². The molecule has 4 rings (SSSR count). The number of rotatable bonds is 8. The maximum absolute atomic E-state index is 10.3. The van der Waals surface area contributed by atoms with Crippen LogP contribution >= 0.6 is 12.0 Å². The Balaban J connectivity index is 0.000000248. The van der Waals surface area contributed by atoms with E-state index < -0.39 is 0 Å². The second kappa shape index (κ2) is 13.4. The van der Waals surface area contributed by atoms with Crippen LogP contribution in [0, 0.1) is 6.92 Å². The molecule has 0 bridgehead atoms. The van der Waals surface area contributed by atoms with Gasteiger partial charge >= 0.3 is 0 Å². The Hall–Kier alpha value is -3.16. The number of carbonyl (C=O) groups is 1. The van der Waals surface area contributed by atoms with Gasteiger partial charge in [-0.1, -0.05) is 23.8 Å². The monoisotopic (exact) mass is 522 g/mol. The molecule has 3 aromatic carbocycles. The first-order valence-corrected chi connectivity index (χ1v) is 13.1. The Bertz CT molecular complexity index is 1130. The normalized spacial score (nSPS) is 14.8. The molecule has 0 unspecified atom stereocenters. The molecule has 3 aromatic rings. The third-order valence-corrected chi connectivity index (χ3v) is 7.28. The largest absolute Gasteiger partial charge is 0.493 e. The quantitative estimate of drug-likeness (QED) is 0.263. The molecule has 1 aliphatic rings. The van der Waals surface area contributed by atoms with Crippen LogP contribution in [0.2, 0.25) is 0 Å². The zero-order valence-electron chi connectivity index (χ0n) is 22.7. The summed E-state index contributed by atoms with van der Waals surface area (Å²) in [5.41, 5.74) is 3.66. The number of benzene rings is 3. The van der Waals surface area contributed by atoms with E-state index in [1.165, 1.54) is 23.3 Å². The summed E-state index contributed by atoms with van der Waals surface area (Å²) in [5.74, 6) is 2.22. The molecule has 1 heterocycles. The molecule has 7 heteroatoms. The van der Waals surface area contributed by atoms with Crippen LogP contribution in [0.4, 0.5) is 5.69 Å². The number of ether oxygens (including phenoxy) is 2. The number of nitrogens with zero attached hydrogens (tertiary/aromatic N) is 2. The number of methoxy groups -OCH3 is 2. The van der Waals surface area contributed by atoms with Crippen molar-refractivity contribution in [2.24, 2.45) is 0 Å². The summed E-state index contributed by atoms with van der Waals surface area (Å²) in [6.45, 7) is 9.89.